The van der Waals surface area contributed by atoms with Crippen LogP contribution in [0.1, 0.15) is 24.1 Å². The van der Waals surface area contributed by atoms with Gasteiger partial charge in [0.2, 0.25) is 5.95 Å². The first-order chi connectivity index (χ1) is 14.0. The van der Waals surface area contributed by atoms with Crippen molar-refractivity contribution in [2.24, 2.45) is 0 Å². The van der Waals surface area contributed by atoms with Crippen LogP contribution in [0, 0.1) is 6.92 Å². The summed E-state index contributed by atoms with van der Waals surface area (Å²) in [6, 6.07) is 1.71. The summed E-state index contributed by atoms with van der Waals surface area (Å²) in [4.78, 5) is 23.9. The van der Waals surface area contributed by atoms with E-state index in [2.05, 4.69) is 35.2 Å². The molecule has 9 nitrogen and oxygen atoms in total. The van der Waals surface area contributed by atoms with Gasteiger partial charge in [-0.3, -0.25) is 0 Å². The number of hydrogen-bond acceptors (Lipinski definition) is 8. The molecular formula is C19H19ClN8O. The number of aromatic nitrogens is 6. The molecule has 0 amide bonds. The number of imidazole rings is 1. The third-order valence-electron chi connectivity index (χ3n) is 4.71. The number of rotatable bonds is 5. The summed E-state index contributed by atoms with van der Waals surface area (Å²) < 4.78 is 5.79. The Hall–Kier alpha value is -3.46. The van der Waals surface area contributed by atoms with E-state index in [1.54, 1.807) is 25.8 Å². The van der Waals surface area contributed by atoms with Gasteiger partial charge in [-0.2, -0.15) is 0 Å². The number of halogens is 1. The molecule has 0 aliphatic heterocycles. The number of methoxy groups -OCH3 is 1. The van der Waals surface area contributed by atoms with Crippen molar-refractivity contribution in [3.05, 3.63) is 47.3 Å². The van der Waals surface area contributed by atoms with Crippen LogP contribution in [0.15, 0.2) is 31.1 Å². The number of nitrogens with zero attached hydrogens (tertiary/aromatic N) is 5. The molecular weight excluding hydrogens is 392 g/mol. The third-order valence-corrected chi connectivity index (χ3v) is 5.10. The number of hydrogen-bond donors (Lipinski definition) is 3. The number of H-pyrrole nitrogens is 1. The Morgan fingerprint density at radius 1 is 1.17 bits per heavy atom. The number of aromatic amines is 1. The first-order valence-corrected chi connectivity index (χ1v) is 9.23. The molecule has 0 saturated heterocycles. The van der Waals surface area contributed by atoms with Crippen LogP contribution in [0.3, 0.4) is 0 Å². The largest absolute Gasteiger partial charge is 0.496 e. The van der Waals surface area contributed by atoms with E-state index >= 15 is 0 Å². The average molecular weight is 411 g/mol. The molecule has 1 atom stereocenters. The number of benzene rings is 1. The molecule has 4 N–H and O–H groups in total. The van der Waals surface area contributed by atoms with Crippen LogP contribution in [-0.2, 0) is 0 Å². The summed E-state index contributed by atoms with van der Waals surface area (Å²) in [6.45, 7) is 3.92. The maximum atomic E-state index is 6.56. The predicted octanol–water partition coefficient (Wildman–Crippen LogP) is 3.54. The van der Waals surface area contributed by atoms with Crippen molar-refractivity contribution in [3.8, 4) is 16.9 Å². The Morgan fingerprint density at radius 3 is 2.66 bits per heavy atom. The first kappa shape index (κ1) is 18.9. The van der Waals surface area contributed by atoms with Crippen molar-refractivity contribution < 1.29 is 4.74 Å². The van der Waals surface area contributed by atoms with Crippen molar-refractivity contribution in [2.45, 2.75) is 19.9 Å². The van der Waals surface area contributed by atoms with Crippen LogP contribution in [-0.4, -0.2) is 37.0 Å². The predicted molar refractivity (Wildman–Crippen MR) is 112 cm³/mol. The lowest BCUT2D eigenvalue weighted by atomic mass is 9.95. The molecule has 0 aliphatic rings. The molecule has 4 rings (SSSR count). The summed E-state index contributed by atoms with van der Waals surface area (Å²) >= 11 is 6.56. The molecule has 0 spiro atoms. The van der Waals surface area contributed by atoms with Crippen LogP contribution >= 0.6 is 11.6 Å². The zero-order valence-corrected chi connectivity index (χ0v) is 16.8. The number of nitrogens with two attached hydrogens (primary N) is 1. The molecule has 0 fully saturated rings. The van der Waals surface area contributed by atoms with Gasteiger partial charge < -0.3 is 20.8 Å². The van der Waals surface area contributed by atoms with Gasteiger partial charge >= 0.3 is 0 Å². The molecule has 3 aromatic heterocycles. The van der Waals surface area contributed by atoms with Gasteiger partial charge in [0.05, 0.1) is 19.5 Å². The minimum Gasteiger partial charge on any atom is -0.496 e. The van der Waals surface area contributed by atoms with Gasteiger partial charge in [-0.25, -0.2) is 24.9 Å². The van der Waals surface area contributed by atoms with E-state index in [4.69, 9.17) is 22.1 Å². The standard InChI is InChI=1S/C19H19ClN8O/c1-9-13(20)4-12(16(29-3)14(9)11-5-22-19(21)23-6-11)10(2)28-18-15-17(25-7-24-15)26-8-27-18/h4-8,10H,1-3H3,(H2,21,22,23)(H2,24,25,26,27,28). The van der Waals surface area contributed by atoms with Crippen LogP contribution in [0.25, 0.3) is 22.3 Å². The Morgan fingerprint density at radius 2 is 1.93 bits per heavy atom. The number of anilines is 2. The van der Waals surface area contributed by atoms with Crippen molar-refractivity contribution in [1.29, 1.82) is 0 Å². The van der Waals surface area contributed by atoms with Gasteiger partial charge in [0.25, 0.3) is 0 Å². The highest BCUT2D eigenvalue weighted by Gasteiger charge is 2.22. The van der Waals surface area contributed by atoms with E-state index in [9.17, 15) is 0 Å². The third kappa shape index (κ3) is 3.40. The lowest BCUT2D eigenvalue weighted by Gasteiger charge is -2.22. The van der Waals surface area contributed by atoms with E-state index in [1.807, 2.05) is 19.9 Å². The fourth-order valence-electron chi connectivity index (χ4n) is 3.26. The number of nitrogen functional groups attached to an aromatic ring is 1. The zero-order chi connectivity index (χ0) is 20.5. The molecule has 0 bridgehead atoms. The molecule has 0 saturated carbocycles. The number of fused-ring (bicyclic) bond motifs is 1. The Labute approximate surface area is 171 Å². The zero-order valence-electron chi connectivity index (χ0n) is 16.1. The quantitative estimate of drug-likeness (QED) is 0.455. The highest BCUT2D eigenvalue weighted by atomic mass is 35.5. The summed E-state index contributed by atoms with van der Waals surface area (Å²) in [6.07, 6.45) is 6.36. The van der Waals surface area contributed by atoms with E-state index in [0.29, 0.717) is 22.2 Å². The Balaban J connectivity index is 1.81. The van der Waals surface area contributed by atoms with Crippen LogP contribution < -0.4 is 15.8 Å². The second-order valence-electron chi connectivity index (χ2n) is 6.50. The molecule has 0 radical (unpaired) electrons. The minimum atomic E-state index is -0.182. The van der Waals surface area contributed by atoms with Crippen molar-refractivity contribution in [3.63, 3.8) is 0 Å². The maximum absolute atomic E-state index is 6.56. The van der Waals surface area contributed by atoms with Crippen molar-refractivity contribution >= 4 is 34.5 Å². The molecule has 148 valence electrons. The van der Waals surface area contributed by atoms with Gasteiger partial charge in [0.1, 0.15) is 17.6 Å². The fourth-order valence-corrected chi connectivity index (χ4v) is 3.47. The maximum Gasteiger partial charge on any atom is 0.219 e. The smallest absolute Gasteiger partial charge is 0.219 e. The van der Waals surface area contributed by atoms with Crippen molar-refractivity contribution in [2.75, 3.05) is 18.2 Å². The first-order valence-electron chi connectivity index (χ1n) is 8.85. The molecule has 10 heteroatoms. The van der Waals surface area contributed by atoms with E-state index in [-0.39, 0.29) is 12.0 Å². The topological polar surface area (TPSA) is 128 Å². The van der Waals surface area contributed by atoms with Gasteiger partial charge in [-0.05, 0) is 25.5 Å². The molecule has 4 aromatic rings. The lowest BCUT2D eigenvalue weighted by Crippen LogP contribution is -2.11. The van der Waals surface area contributed by atoms with E-state index in [0.717, 1.165) is 27.8 Å². The molecule has 1 unspecified atom stereocenters. The van der Waals surface area contributed by atoms with Gasteiger partial charge in [-0.15, -0.1) is 0 Å². The number of nitrogens with one attached hydrogen (secondary N) is 2. The normalized spacial score (nSPS) is 12.1. The van der Waals surface area contributed by atoms with E-state index in [1.165, 1.54) is 6.33 Å². The molecule has 29 heavy (non-hydrogen) atoms. The highest BCUT2D eigenvalue weighted by Crippen LogP contribution is 2.42. The minimum absolute atomic E-state index is 0.182. The summed E-state index contributed by atoms with van der Waals surface area (Å²) in [5.41, 5.74) is 10.3. The van der Waals surface area contributed by atoms with Gasteiger partial charge in [0.15, 0.2) is 11.5 Å². The Bertz CT molecular complexity index is 1180. The lowest BCUT2D eigenvalue weighted by molar-refractivity contribution is 0.409. The summed E-state index contributed by atoms with van der Waals surface area (Å²) in [5.74, 6) is 1.52. The molecule has 3 heterocycles. The fraction of sp³-hybridized carbons (Fsp3) is 0.211. The second kappa shape index (κ2) is 7.51. The molecule has 1 aromatic carbocycles. The SMILES string of the molecule is COc1c(C(C)Nc2ncnc3nc[nH]c23)cc(Cl)c(C)c1-c1cnc(N)nc1. The van der Waals surface area contributed by atoms with E-state index < -0.39 is 0 Å². The monoisotopic (exact) mass is 410 g/mol. The van der Waals surface area contributed by atoms with Gasteiger partial charge in [0, 0.05) is 34.1 Å². The van der Waals surface area contributed by atoms with Crippen LogP contribution in [0.4, 0.5) is 11.8 Å². The Kier molecular flexibility index (Phi) is 4.89. The number of ether oxygens (including phenoxy) is 1. The van der Waals surface area contributed by atoms with Crippen LogP contribution in [0.2, 0.25) is 5.02 Å². The second-order valence-corrected chi connectivity index (χ2v) is 6.91. The van der Waals surface area contributed by atoms with Crippen molar-refractivity contribution in [1.82, 2.24) is 29.9 Å². The summed E-state index contributed by atoms with van der Waals surface area (Å²) in [7, 11) is 1.62. The average Bonchev–Trinajstić information content (AvgIpc) is 3.20. The summed E-state index contributed by atoms with van der Waals surface area (Å²) in [5, 5.41) is 3.99. The van der Waals surface area contributed by atoms with Gasteiger partial charge in [-0.1, -0.05) is 11.6 Å². The highest BCUT2D eigenvalue weighted by molar-refractivity contribution is 6.32. The molecule has 0 aliphatic carbocycles. The van der Waals surface area contributed by atoms with Crippen LogP contribution in [0.5, 0.6) is 5.75 Å².